The Bertz CT molecular complexity index is 577. The molecule has 0 unspecified atom stereocenters. The van der Waals surface area contributed by atoms with Gasteiger partial charge < -0.3 is 5.32 Å². The Kier molecular flexibility index (Phi) is 6.20. The SMILES string of the molecule is CCCCNC(=O)CN(c1cc(C)cc(C)c1)S(C)(=O)=O. The van der Waals surface area contributed by atoms with Gasteiger partial charge in [0, 0.05) is 6.54 Å². The van der Waals surface area contributed by atoms with Crippen molar-refractivity contribution in [3.63, 3.8) is 0 Å². The van der Waals surface area contributed by atoms with Crippen molar-refractivity contribution in [3.8, 4) is 0 Å². The first kappa shape index (κ1) is 17.5. The van der Waals surface area contributed by atoms with Crippen molar-refractivity contribution >= 4 is 21.6 Å². The van der Waals surface area contributed by atoms with E-state index in [9.17, 15) is 13.2 Å². The predicted molar refractivity (Wildman–Crippen MR) is 86.0 cm³/mol. The van der Waals surface area contributed by atoms with Crippen LogP contribution in [-0.4, -0.2) is 33.7 Å². The van der Waals surface area contributed by atoms with Crippen LogP contribution in [-0.2, 0) is 14.8 Å². The van der Waals surface area contributed by atoms with Crippen LogP contribution in [0.1, 0.15) is 30.9 Å². The number of nitrogens with one attached hydrogen (secondary N) is 1. The van der Waals surface area contributed by atoms with Gasteiger partial charge in [0.25, 0.3) is 0 Å². The first-order valence-corrected chi connectivity index (χ1v) is 8.91. The molecule has 1 aromatic carbocycles. The summed E-state index contributed by atoms with van der Waals surface area (Å²) in [6.07, 6.45) is 2.98. The van der Waals surface area contributed by atoms with Crippen LogP contribution in [0.2, 0.25) is 0 Å². The molecule has 5 nitrogen and oxygen atoms in total. The van der Waals surface area contributed by atoms with Gasteiger partial charge in [-0.25, -0.2) is 8.42 Å². The maximum atomic E-state index is 12.0. The summed E-state index contributed by atoms with van der Waals surface area (Å²) < 4.78 is 25.1. The third kappa shape index (κ3) is 5.75. The molecule has 0 radical (unpaired) electrons. The number of benzene rings is 1. The van der Waals surface area contributed by atoms with Crippen LogP contribution < -0.4 is 9.62 Å². The zero-order chi connectivity index (χ0) is 16.0. The lowest BCUT2D eigenvalue weighted by atomic mass is 10.1. The molecule has 0 aliphatic heterocycles. The monoisotopic (exact) mass is 312 g/mol. The van der Waals surface area contributed by atoms with E-state index >= 15 is 0 Å². The highest BCUT2D eigenvalue weighted by Crippen LogP contribution is 2.21. The van der Waals surface area contributed by atoms with Gasteiger partial charge >= 0.3 is 0 Å². The van der Waals surface area contributed by atoms with E-state index in [0.717, 1.165) is 34.5 Å². The summed E-state index contributed by atoms with van der Waals surface area (Å²) in [5.74, 6) is -0.284. The van der Waals surface area contributed by atoms with Gasteiger partial charge in [0.05, 0.1) is 11.9 Å². The number of sulfonamides is 1. The van der Waals surface area contributed by atoms with Crippen LogP contribution >= 0.6 is 0 Å². The van der Waals surface area contributed by atoms with E-state index < -0.39 is 10.0 Å². The van der Waals surface area contributed by atoms with E-state index in [2.05, 4.69) is 5.32 Å². The molecule has 0 spiro atoms. The molecule has 0 fully saturated rings. The first-order valence-electron chi connectivity index (χ1n) is 7.06. The summed E-state index contributed by atoms with van der Waals surface area (Å²) in [5.41, 5.74) is 2.45. The minimum Gasteiger partial charge on any atom is -0.355 e. The Labute approximate surface area is 127 Å². The smallest absolute Gasteiger partial charge is 0.240 e. The number of unbranched alkanes of at least 4 members (excludes halogenated alkanes) is 1. The van der Waals surface area contributed by atoms with Gasteiger partial charge in [0.1, 0.15) is 6.54 Å². The topological polar surface area (TPSA) is 66.5 Å². The number of carbonyl (C=O) groups excluding carboxylic acids is 1. The second-order valence-electron chi connectivity index (χ2n) is 5.32. The molecule has 0 saturated heterocycles. The van der Waals surface area contributed by atoms with Crippen LogP contribution in [0.4, 0.5) is 5.69 Å². The molecule has 0 aliphatic carbocycles. The molecule has 1 N–H and O–H groups in total. The van der Waals surface area contributed by atoms with E-state index in [1.165, 1.54) is 0 Å². The van der Waals surface area contributed by atoms with Crippen molar-refractivity contribution in [2.45, 2.75) is 33.6 Å². The number of amides is 1. The maximum absolute atomic E-state index is 12.0. The highest BCUT2D eigenvalue weighted by Gasteiger charge is 2.21. The fourth-order valence-electron chi connectivity index (χ4n) is 2.09. The number of aryl methyl sites for hydroxylation is 2. The van der Waals surface area contributed by atoms with Gasteiger partial charge in [-0.05, 0) is 43.5 Å². The molecule has 1 aromatic rings. The minimum atomic E-state index is -3.50. The van der Waals surface area contributed by atoms with Crippen molar-refractivity contribution < 1.29 is 13.2 Å². The van der Waals surface area contributed by atoms with E-state index in [1.54, 1.807) is 12.1 Å². The number of rotatable bonds is 7. The predicted octanol–water partition coefficient (Wildman–Crippen LogP) is 1.99. The fraction of sp³-hybridized carbons (Fsp3) is 0.533. The molecule has 0 atom stereocenters. The molecule has 0 bridgehead atoms. The number of hydrogen-bond donors (Lipinski definition) is 1. The second kappa shape index (κ2) is 7.45. The Morgan fingerprint density at radius 2 is 1.76 bits per heavy atom. The van der Waals surface area contributed by atoms with Crippen LogP contribution in [0.3, 0.4) is 0 Å². The van der Waals surface area contributed by atoms with Crippen molar-refractivity contribution in [2.24, 2.45) is 0 Å². The number of hydrogen-bond acceptors (Lipinski definition) is 3. The summed E-state index contributed by atoms with van der Waals surface area (Å²) >= 11 is 0. The summed E-state index contributed by atoms with van der Waals surface area (Å²) in [6.45, 7) is 6.21. The second-order valence-corrected chi connectivity index (χ2v) is 7.23. The summed E-state index contributed by atoms with van der Waals surface area (Å²) in [7, 11) is -3.50. The van der Waals surface area contributed by atoms with Crippen molar-refractivity contribution in [1.82, 2.24) is 5.32 Å². The van der Waals surface area contributed by atoms with E-state index in [1.807, 2.05) is 26.8 Å². The number of anilines is 1. The lowest BCUT2D eigenvalue weighted by Gasteiger charge is -2.22. The van der Waals surface area contributed by atoms with Gasteiger partial charge in [0.2, 0.25) is 15.9 Å². The lowest BCUT2D eigenvalue weighted by molar-refractivity contribution is -0.119. The van der Waals surface area contributed by atoms with E-state index in [-0.39, 0.29) is 12.5 Å². The van der Waals surface area contributed by atoms with Crippen LogP contribution in [0, 0.1) is 13.8 Å². The average molecular weight is 312 g/mol. The van der Waals surface area contributed by atoms with Crippen LogP contribution in [0.25, 0.3) is 0 Å². The quantitative estimate of drug-likeness (QED) is 0.783. The molecule has 1 amide bonds. The van der Waals surface area contributed by atoms with E-state index in [4.69, 9.17) is 0 Å². The maximum Gasteiger partial charge on any atom is 0.240 e. The zero-order valence-corrected chi connectivity index (χ0v) is 14.0. The normalized spacial score (nSPS) is 11.2. The molecule has 118 valence electrons. The largest absolute Gasteiger partial charge is 0.355 e. The molecule has 0 saturated carbocycles. The van der Waals surface area contributed by atoms with Gasteiger partial charge in [0.15, 0.2) is 0 Å². The molecule has 6 heteroatoms. The van der Waals surface area contributed by atoms with Crippen molar-refractivity contribution in [2.75, 3.05) is 23.7 Å². The Morgan fingerprint density at radius 3 is 2.24 bits per heavy atom. The number of carbonyl (C=O) groups is 1. The first-order chi connectivity index (χ1) is 9.74. The molecule has 21 heavy (non-hydrogen) atoms. The Morgan fingerprint density at radius 1 is 1.19 bits per heavy atom. The van der Waals surface area contributed by atoms with Crippen LogP contribution in [0.15, 0.2) is 18.2 Å². The Hall–Kier alpha value is -1.56. The van der Waals surface area contributed by atoms with Gasteiger partial charge in [-0.2, -0.15) is 0 Å². The van der Waals surface area contributed by atoms with Gasteiger partial charge in [-0.1, -0.05) is 19.4 Å². The zero-order valence-electron chi connectivity index (χ0n) is 13.1. The number of nitrogens with zero attached hydrogens (tertiary/aromatic N) is 1. The van der Waals surface area contributed by atoms with Gasteiger partial charge in [-0.15, -0.1) is 0 Å². The average Bonchev–Trinajstić information content (AvgIpc) is 2.33. The van der Waals surface area contributed by atoms with E-state index in [0.29, 0.717) is 12.2 Å². The van der Waals surface area contributed by atoms with Crippen molar-refractivity contribution in [3.05, 3.63) is 29.3 Å². The lowest BCUT2D eigenvalue weighted by Crippen LogP contribution is -2.40. The highest BCUT2D eigenvalue weighted by atomic mass is 32.2. The fourth-order valence-corrected chi connectivity index (χ4v) is 2.93. The molecular formula is C15H24N2O3S. The van der Waals surface area contributed by atoms with Crippen molar-refractivity contribution in [1.29, 1.82) is 0 Å². The Balaban J connectivity index is 2.94. The molecular weight excluding hydrogens is 288 g/mol. The third-order valence-corrected chi connectivity index (χ3v) is 4.18. The molecule has 0 aliphatic rings. The molecule has 0 aromatic heterocycles. The summed E-state index contributed by atoms with van der Waals surface area (Å²) in [6, 6.07) is 5.51. The highest BCUT2D eigenvalue weighted by molar-refractivity contribution is 7.92. The molecule has 0 heterocycles. The standard InChI is InChI=1S/C15H24N2O3S/c1-5-6-7-16-15(18)11-17(21(4,19)20)14-9-12(2)8-13(3)10-14/h8-10H,5-7,11H2,1-4H3,(H,16,18). The summed E-state index contributed by atoms with van der Waals surface area (Å²) in [4.78, 5) is 11.9. The molecule has 1 rings (SSSR count). The summed E-state index contributed by atoms with van der Waals surface area (Å²) in [5, 5.41) is 2.74. The third-order valence-electron chi connectivity index (χ3n) is 3.03. The van der Waals surface area contributed by atoms with Crippen LogP contribution in [0.5, 0.6) is 0 Å². The van der Waals surface area contributed by atoms with Gasteiger partial charge in [-0.3, -0.25) is 9.10 Å². The minimum absolute atomic E-state index is 0.189.